The van der Waals surface area contributed by atoms with Gasteiger partial charge in [0.1, 0.15) is 0 Å². The molecule has 0 saturated carbocycles. The maximum absolute atomic E-state index is 13.2. The first kappa shape index (κ1) is 20.7. The van der Waals surface area contributed by atoms with Crippen LogP contribution in [-0.4, -0.2) is 32.1 Å². The number of sulfone groups is 1. The summed E-state index contributed by atoms with van der Waals surface area (Å²) in [7, 11) is -3.30. The largest absolute Gasteiger partial charge is 0.287 e. The first-order chi connectivity index (χ1) is 14.4. The molecule has 0 aliphatic rings. The Morgan fingerprint density at radius 3 is 2.57 bits per heavy atom. The van der Waals surface area contributed by atoms with Crippen LogP contribution in [0.1, 0.15) is 10.4 Å². The lowest BCUT2D eigenvalue weighted by atomic mass is 10.1. The number of hydrogen-bond acceptors (Lipinski definition) is 6. The Bertz CT molecular complexity index is 1260. The van der Waals surface area contributed by atoms with Crippen molar-refractivity contribution < 1.29 is 13.2 Å². The van der Waals surface area contributed by atoms with E-state index in [1.165, 1.54) is 22.5 Å². The lowest BCUT2D eigenvalue weighted by Crippen LogP contribution is -2.34. The molecule has 1 amide bonds. The molecule has 0 bridgehead atoms. The number of thiophene rings is 1. The van der Waals surface area contributed by atoms with Crippen molar-refractivity contribution in [3.05, 3.63) is 76.5 Å². The van der Waals surface area contributed by atoms with Crippen LogP contribution < -0.4 is 4.90 Å². The van der Waals surface area contributed by atoms with E-state index in [0.717, 1.165) is 16.7 Å². The molecular formula is C22H20N2O3S3. The van der Waals surface area contributed by atoms with Gasteiger partial charge in [-0.1, -0.05) is 47.7 Å². The number of anilines is 1. The van der Waals surface area contributed by atoms with Gasteiger partial charge in [0.25, 0.3) is 0 Å². The van der Waals surface area contributed by atoms with Crippen molar-refractivity contribution in [3.63, 3.8) is 0 Å². The summed E-state index contributed by atoms with van der Waals surface area (Å²) in [5.74, 6) is -0.0276. The second-order valence-corrected chi connectivity index (χ2v) is 11.0. The van der Waals surface area contributed by atoms with Gasteiger partial charge in [-0.3, -0.25) is 9.69 Å². The second kappa shape index (κ2) is 8.67. The van der Waals surface area contributed by atoms with Gasteiger partial charge < -0.3 is 0 Å². The molecule has 0 radical (unpaired) electrons. The first-order valence-electron chi connectivity index (χ1n) is 9.37. The van der Waals surface area contributed by atoms with E-state index < -0.39 is 9.84 Å². The number of aromatic nitrogens is 1. The lowest BCUT2D eigenvalue weighted by Gasteiger charge is -2.19. The van der Waals surface area contributed by atoms with Crippen LogP contribution in [0.3, 0.4) is 0 Å². The van der Waals surface area contributed by atoms with E-state index in [2.05, 4.69) is 11.1 Å². The second-order valence-electron chi connectivity index (χ2n) is 6.94. The number of thiazole rings is 1. The fourth-order valence-electron chi connectivity index (χ4n) is 3.11. The quantitative estimate of drug-likeness (QED) is 0.408. The van der Waals surface area contributed by atoms with Gasteiger partial charge in [-0.25, -0.2) is 13.4 Å². The predicted octanol–water partition coefficient (Wildman–Crippen LogP) is 4.58. The summed E-state index contributed by atoms with van der Waals surface area (Å²) in [6.45, 7) is 0.519. The monoisotopic (exact) mass is 456 g/mol. The van der Waals surface area contributed by atoms with Crippen LogP contribution in [0.5, 0.6) is 0 Å². The van der Waals surface area contributed by atoms with E-state index in [-0.39, 0.29) is 17.2 Å². The number of carbonyl (C=O) groups excluding carboxylic acids is 1. The Balaban J connectivity index is 1.66. The Kier molecular flexibility index (Phi) is 5.99. The van der Waals surface area contributed by atoms with Crippen molar-refractivity contribution in [1.82, 2.24) is 4.98 Å². The van der Waals surface area contributed by atoms with Crippen molar-refractivity contribution in [2.75, 3.05) is 17.7 Å². The normalized spacial score (nSPS) is 11.6. The predicted molar refractivity (Wildman–Crippen MR) is 123 cm³/mol. The molecule has 0 fully saturated rings. The van der Waals surface area contributed by atoms with Crippen LogP contribution >= 0.6 is 22.7 Å². The fourth-order valence-corrected chi connectivity index (χ4v) is 5.58. The molecule has 0 saturated heterocycles. The average molecular weight is 457 g/mol. The Labute approximate surface area is 183 Å². The highest BCUT2D eigenvalue weighted by Gasteiger charge is 2.21. The standard InChI is InChI=1S/C22H20N2O3S3/c1-30(26,27)18-9-10-19-20(15-18)29-22(23-19)24(12-11-17-8-5-13-28-17)21(25)14-16-6-3-2-4-7-16/h2-10,13,15H,11-12,14H2,1H3. The highest BCUT2D eigenvalue weighted by Crippen LogP contribution is 2.31. The average Bonchev–Trinajstić information content (AvgIpc) is 3.37. The molecule has 2 aromatic heterocycles. The van der Waals surface area contributed by atoms with Gasteiger partial charge >= 0.3 is 0 Å². The Morgan fingerprint density at radius 1 is 1.07 bits per heavy atom. The Hall–Kier alpha value is -2.55. The molecule has 0 spiro atoms. The van der Waals surface area contributed by atoms with Crippen LogP contribution in [0.25, 0.3) is 10.2 Å². The SMILES string of the molecule is CS(=O)(=O)c1ccc2nc(N(CCc3cccs3)C(=O)Cc3ccccc3)sc2c1. The number of nitrogens with zero attached hydrogens (tertiary/aromatic N) is 2. The maximum Gasteiger partial charge on any atom is 0.233 e. The summed E-state index contributed by atoms with van der Waals surface area (Å²) in [5.41, 5.74) is 1.64. The fraction of sp³-hybridized carbons (Fsp3) is 0.182. The van der Waals surface area contributed by atoms with Gasteiger partial charge in [0, 0.05) is 17.7 Å². The van der Waals surface area contributed by atoms with E-state index in [0.29, 0.717) is 17.2 Å². The zero-order valence-electron chi connectivity index (χ0n) is 16.3. The highest BCUT2D eigenvalue weighted by molar-refractivity contribution is 7.90. The van der Waals surface area contributed by atoms with Crippen molar-refractivity contribution in [3.8, 4) is 0 Å². The molecule has 4 aromatic rings. The molecule has 0 aliphatic heterocycles. The van der Waals surface area contributed by atoms with E-state index in [4.69, 9.17) is 0 Å². The summed E-state index contributed by atoms with van der Waals surface area (Å²) in [4.78, 5) is 21.0. The zero-order valence-corrected chi connectivity index (χ0v) is 18.8. The summed E-state index contributed by atoms with van der Waals surface area (Å²) in [6.07, 6.45) is 2.21. The van der Waals surface area contributed by atoms with Crippen molar-refractivity contribution in [2.45, 2.75) is 17.7 Å². The van der Waals surface area contributed by atoms with E-state index in [1.807, 2.05) is 41.8 Å². The van der Waals surface area contributed by atoms with Crippen LogP contribution in [0.4, 0.5) is 5.13 Å². The van der Waals surface area contributed by atoms with Crippen molar-refractivity contribution >= 4 is 53.8 Å². The number of benzene rings is 2. The number of hydrogen-bond donors (Lipinski definition) is 0. The molecular weight excluding hydrogens is 436 g/mol. The van der Waals surface area contributed by atoms with Gasteiger partial charge in [-0.15, -0.1) is 11.3 Å². The highest BCUT2D eigenvalue weighted by atomic mass is 32.2. The zero-order chi connectivity index (χ0) is 21.1. The maximum atomic E-state index is 13.2. The molecule has 5 nitrogen and oxygen atoms in total. The molecule has 8 heteroatoms. The number of amides is 1. The number of carbonyl (C=O) groups is 1. The smallest absolute Gasteiger partial charge is 0.233 e. The van der Waals surface area contributed by atoms with E-state index in [9.17, 15) is 13.2 Å². The summed E-state index contributed by atoms with van der Waals surface area (Å²) < 4.78 is 24.5. The first-order valence-corrected chi connectivity index (χ1v) is 13.0. The topological polar surface area (TPSA) is 67.3 Å². The third-order valence-electron chi connectivity index (χ3n) is 4.67. The minimum Gasteiger partial charge on any atom is -0.287 e. The van der Waals surface area contributed by atoms with Gasteiger partial charge in [-0.2, -0.15) is 0 Å². The lowest BCUT2D eigenvalue weighted by molar-refractivity contribution is -0.118. The number of fused-ring (bicyclic) bond motifs is 1. The summed E-state index contributed by atoms with van der Waals surface area (Å²) >= 11 is 3.01. The molecule has 0 N–H and O–H groups in total. The van der Waals surface area contributed by atoms with Crippen LogP contribution in [-0.2, 0) is 27.5 Å². The Morgan fingerprint density at radius 2 is 1.87 bits per heavy atom. The molecule has 30 heavy (non-hydrogen) atoms. The van der Waals surface area contributed by atoms with Crippen LogP contribution in [0.15, 0.2) is 70.9 Å². The molecule has 0 atom stereocenters. The summed E-state index contributed by atoms with van der Waals surface area (Å²) in [5, 5.41) is 2.61. The van der Waals surface area contributed by atoms with Gasteiger partial charge in [0.15, 0.2) is 15.0 Å². The molecule has 2 aromatic carbocycles. The van der Waals surface area contributed by atoms with Crippen LogP contribution in [0.2, 0.25) is 0 Å². The van der Waals surface area contributed by atoms with Crippen molar-refractivity contribution in [1.29, 1.82) is 0 Å². The molecule has 0 unspecified atom stereocenters. The minimum absolute atomic E-state index is 0.0276. The van der Waals surface area contributed by atoms with E-state index >= 15 is 0 Å². The third kappa shape index (κ3) is 4.77. The molecule has 0 aliphatic carbocycles. The molecule has 154 valence electrons. The van der Waals surface area contributed by atoms with Gasteiger partial charge in [-0.05, 0) is 41.6 Å². The number of rotatable bonds is 7. The molecule has 2 heterocycles. The summed E-state index contributed by atoms with van der Waals surface area (Å²) in [6, 6.07) is 18.6. The van der Waals surface area contributed by atoms with E-state index in [1.54, 1.807) is 34.4 Å². The van der Waals surface area contributed by atoms with Crippen LogP contribution in [0, 0.1) is 0 Å². The van der Waals surface area contributed by atoms with Gasteiger partial charge in [0.2, 0.25) is 5.91 Å². The van der Waals surface area contributed by atoms with Gasteiger partial charge in [0.05, 0.1) is 21.5 Å². The molecule has 4 rings (SSSR count). The van der Waals surface area contributed by atoms with Crippen molar-refractivity contribution in [2.24, 2.45) is 0 Å². The minimum atomic E-state index is -3.30. The third-order valence-corrected chi connectivity index (χ3v) is 7.76.